The normalized spacial score (nSPS) is 11.0. The molecule has 25 heavy (non-hydrogen) atoms. The van der Waals surface area contributed by atoms with Crippen LogP contribution >= 0.6 is 11.3 Å². The monoisotopic (exact) mass is 364 g/mol. The Labute approximate surface area is 146 Å². The zero-order valence-corrected chi connectivity index (χ0v) is 14.4. The van der Waals surface area contributed by atoms with Gasteiger partial charge in [-0.3, -0.25) is 20.2 Å². The van der Waals surface area contributed by atoms with E-state index in [1.807, 2.05) is 19.9 Å². The van der Waals surface area contributed by atoms with Crippen molar-refractivity contribution >= 4 is 44.1 Å². The van der Waals surface area contributed by atoms with Crippen molar-refractivity contribution in [1.29, 1.82) is 0 Å². The van der Waals surface area contributed by atoms with Crippen LogP contribution < -0.4 is 10.6 Å². The van der Waals surface area contributed by atoms with Crippen molar-refractivity contribution in [3.63, 3.8) is 0 Å². The van der Waals surface area contributed by atoms with E-state index in [2.05, 4.69) is 15.1 Å². The molecule has 0 unspecified atom stereocenters. The number of nitrogen functional groups attached to an aromatic ring is 1. The SMILES string of the molecule is CCN(CC)c1ccc(N=Nc2sc([N+](=O)[O-])cc2[N+](=O)[O-])c(N)c1. The lowest BCUT2D eigenvalue weighted by Gasteiger charge is -2.21. The molecule has 0 spiro atoms. The Balaban J connectivity index is 2.33. The van der Waals surface area contributed by atoms with Crippen LogP contribution in [0.5, 0.6) is 0 Å². The molecule has 2 aromatic rings. The third kappa shape index (κ3) is 4.07. The largest absolute Gasteiger partial charge is 0.397 e. The van der Waals surface area contributed by atoms with Crippen molar-refractivity contribution in [2.24, 2.45) is 10.2 Å². The molecule has 0 aliphatic rings. The Bertz CT molecular complexity index is 831. The topological polar surface area (TPSA) is 140 Å². The van der Waals surface area contributed by atoms with Crippen molar-refractivity contribution in [2.75, 3.05) is 23.7 Å². The highest BCUT2D eigenvalue weighted by atomic mass is 32.1. The first kappa shape index (κ1) is 18.3. The molecule has 0 atom stereocenters. The van der Waals surface area contributed by atoms with Crippen molar-refractivity contribution < 1.29 is 9.85 Å². The van der Waals surface area contributed by atoms with Crippen LogP contribution in [0, 0.1) is 20.2 Å². The number of anilines is 2. The molecule has 0 amide bonds. The highest BCUT2D eigenvalue weighted by molar-refractivity contribution is 7.19. The van der Waals surface area contributed by atoms with E-state index >= 15 is 0 Å². The fourth-order valence-electron chi connectivity index (χ4n) is 2.17. The Hall–Kier alpha value is -3.08. The summed E-state index contributed by atoms with van der Waals surface area (Å²) < 4.78 is 0. The Morgan fingerprint density at radius 3 is 2.32 bits per heavy atom. The first-order valence-corrected chi connectivity index (χ1v) is 8.17. The van der Waals surface area contributed by atoms with Crippen molar-refractivity contribution in [3.8, 4) is 0 Å². The summed E-state index contributed by atoms with van der Waals surface area (Å²) >= 11 is 0.586. The third-order valence-corrected chi connectivity index (χ3v) is 4.41. The molecule has 0 fully saturated rings. The predicted octanol–water partition coefficient (Wildman–Crippen LogP) is 4.41. The van der Waals surface area contributed by atoms with E-state index in [0.717, 1.165) is 24.8 Å². The number of hydrogen-bond donors (Lipinski definition) is 1. The molecule has 0 bridgehead atoms. The fourth-order valence-corrected chi connectivity index (χ4v) is 2.93. The number of thiophene rings is 1. The van der Waals surface area contributed by atoms with Crippen LogP contribution in [0.2, 0.25) is 0 Å². The van der Waals surface area contributed by atoms with Gasteiger partial charge < -0.3 is 10.6 Å². The Morgan fingerprint density at radius 1 is 1.12 bits per heavy atom. The predicted molar refractivity (Wildman–Crippen MR) is 96.2 cm³/mol. The molecule has 0 aliphatic heterocycles. The van der Waals surface area contributed by atoms with Crippen LogP contribution in [0.3, 0.4) is 0 Å². The van der Waals surface area contributed by atoms with Crippen molar-refractivity contribution in [3.05, 3.63) is 44.5 Å². The standard InChI is InChI=1S/C14H16N6O4S/c1-3-18(4-2)9-5-6-11(10(15)7-9)16-17-14-12(19(21)22)8-13(25-14)20(23)24/h5-8H,3-4,15H2,1-2H3. The summed E-state index contributed by atoms with van der Waals surface area (Å²) in [6.45, 7) is 5.69. The minimum Gasteiger partial charge on any atom is -0.397 e. The molecular formula is C14H16N6O4S. The van der Waals surface area contributed by atoms with Gasteiger partial charge in [0.25, 0.3) is 0 Å². The van der Waals surface area contributed by atoms with E-state index in [-0.39, 0.29) is 10.0 Å². The van der Waals surface area contributed by atoms with Crippen LogP contribution in [0.4, 0.5) is 32.8 Å². The maximum atomic E-state index is 11.0. The van der Waals surface area contributed by atoms with Crippen LogP contribution in [0.25, 0.3) is 0 Å². The molecule has 11 heteroatoms. The maximum absolute atomic E-state index is 11.0. The first-order chi connectivity index (χ1) is 11.9. The van der Waals surface area contributed by atoms with Crippen LogP contribution in [-0.4, -0.2) is 22.9 Å². The third-order valence-electron chi connectivity index (χ3n) is 3.45. The molecule has 0 radical (unpaired) electrons. The van der Waals surface area contributed by atoms with Gasteiger partial charge in [-0.05, 0) is 43.4 Å². The van der Waals surface area contributed by atoms with Gasteiger partial charge in [0.1, 0.15) is 11.8 Å². The number of nitro groups is 2. The average molecular weight is 364 g/mol. The van der Waals surface area contributed by atoms with Crippen molar-refractivity contribution in [1.82, 2.24) is 0 Å². The number of rotatable bonds is 7. The number of nitrogens with zero attached hydrogens (tertiary/aromatic N) is 5. The molecule has 1 aromatic carbocycles. The van der Waals surface area contributed by atoms with Gasteiger partial charge in [-0.15, -0.1) is 10.2 Å². The van der Waals surface area contributed by atoms with Gasteiger partial charge in [-0.2, -0.15) is 0 Å². The lowest BCUT2D eigenvalue weighted by atomic mass is 10.2. The molecule has 0 saturated heterocycles. The van der Waals surface area contributed by atoms with Gasteiger partial charge in [0, 0.05) is 18.8 Å². The smallest absolute Gasteiger partial charge is 0.333 e. The van der Waals surface area contributed by atoms with E-state index in [0.29, 0.717) is 22.7 Å². The number of hydrogen-bond acceptors (Lipinski definition) is 9. The second-order valence-corrected chi connectivity index (χ2v) is 5.91. The highest BCUT2D eigenvalue weighted by Gasteiger charge is 2.25. The molecule has 10 nitrogen and oxygen atoms in total. The summed E-state index contributed by atoms with van der Waals surface area (Å²) in [6.07, 6.45) is 0. The van der Waals surface area contributed by atoms with E-state index in [9.17, 15) is 20.2 Å². The van der Waals surface area contributed by atoms with E-state index in [1.54, 1.807) is 12.1 Å². The lowest BCUT2D eigenvalue weighted by Crippen LogP contribution is -2.21. The van der Waals surface area contributed by atoms with Gasteiger partial charge in [0.2, 0.25) is 5.00 Å². The summed E-state index contributed by atoms with van der Waals surface area (Å²) in [5.41, 5.74) is 7.13. The highest BCUT2D eigenvalue weighted by Crippen LogP contribution is 2.42. The summed E-state index contributed by atoms with van der Waals surface area (Å²) in [7, 11) is 0. The first-order valence-electron chi connectivity index (χ1n) is 7.36. The van der Waals surface area contributed by atoms with Gasteiger partial charge in [-0.25, -0.2) is 0 Å². The number of azo groups is 1. The second kappa shape index (κ2) is 7.66. The molecule has 0 saturated carbocycles. The number of nitrogens with two attached hydrogens (primary N) is 1. The van der Waals surface area contributed by atoms with Gasteiger partial charge in [0.15, 0.2) is 0 Å². The molecule has 1 aromatic heterocycles. The van der Waals surface area contributed by atoms with Crippen LogP contribution in [0.1, 0.15) is 13.8 Å². The van der Waals surface area contributed by atoms with Gasteiger partial charge >= 0.3 is 10.7 Å². The summed E-state index contributed by atoms with van der Waals surface area (Å²) in [5, 5.41) is 28.9. The molecule has 2 N–H and O–H groups in total. The van der Waals surface area contributed by atoms with E-state index in [1.165, 1.54) is 0 Å². The molecular weight excluding hydrogens is 348 g/mol. The molecule has 2 rings (SSSR count). The summed E-state index contributed by atoms with van der Waals surface area (Å²) in [5.74, 6) is 0. The zero-order valence-electron chi connectivity index (χ0n) is 13.6. The second-order valence-electron chi connectivity index (χ2n) is 4.90. The minimum absolute atomic E-state index is 0.149. The van der Waals surface area contributed by atoms with E-state index < -0.39 is 15.5 Å². The maximum Gasteiger partial charge on any atom is 0.333 e. The Morgan fingerprint density at radius 2 is 1.80 bits per heavy atom. The van der Waals surface area contributed by atoms with Gasteiger partial charge in [-0.1, -0.05) is 0 Å². The molecule has 132 valence electrons. The Kier molecular flexibility index (Phi) is 5.60. The summed E-state index contributed by atoms with van der Waals surface area (Å²) in [6, 6.07) is 6.09. The van der Waals surface area contributed by atoms with E-state index in [4.69, 9.17) is 5.73 Å². The zero-order chi connectivity index (χ0) is 18.6. The van der Waals surface area contributed by atoms with Crippen LogP contribution in [0.15, 0.2) is 34.5 Å². The van der Waals surface area contributed by atoms with Crippen LogP contribution in [-0.2, 0) is 0 Å². The number of benzene rings is 1. The summed E-state index contributed by atoms with van der Waals surface area (Å²) in [4.78, 5) is 22.4. The lowest BCUT2D eigenvalue weighted by molar-refractivity contribution is -0.389. The average Bonchev–Trinajstić information content (AvgIpc) is 3.00. The quantitative estimate of drug-likeness (QED) is 0.334. The van der Waals surface area contributed by atoms with Crippen molar-refractivity contribution in [2.45, 2.75) is 13.8 Å². The van der Waals surface area contributed by atoms with Gasteiger partial charge in [0.05, 0.1) is 15.5 Å². The molecule has 0 aliphatic carbocycles. The fraction of sp³-hybridized carbons (Fsp3) is 0.286. The minimum atomic E-state index is -0.731. The molecule has 1 heterocycles.